The molecule has 0 aliphatic carbocycles. The Kier molecular flexibility index (Phi) is 6.31. The van der Waals surface area contributed by atoms with E-state index in [1.807, 2.05) is 17.8 Å². The molecule has 0 bridgehead atoms. The molecule has 0 atom stereocenters. The second-order valence-corrected chi connectivity index (χ2v) is 10.4. The fraction of sp³-hybridized carbons (Fsp3) is 0.333. The molecule has 3 aromatic rings. The Morgan fingerprint density at radius 3 is 2.62 bits per heavy atom. The average molecular weight is 477 g/mol. The number of sulfonamides is 1. The highest BCUT2D eigenvalue weighted by molar-refractivity contribution is 7.98. The lowest BCUT2D eigenvalue weighted by molar-refractivity contribution is 0.0664. The summed E-state index contributed by atoms with van der Waals surface area (Å²) in [4.78, 5) is 18.5. The highest BCUT2D eigenvalue weighted by atomic mass is 32.2. The van der Waals surface area contributed by atoms with Crippen LogP contribution in [0.1, 0.15) is 21.9 Å². The quantitative estimate of drug-likeness (QED) is 0.545. The maximum atomic E-state index is 12.9. The number of hydrogen-bond acceptors (Lipinski definition) is 7. The van der Waals surface area contributed by atoms with E-state index in [4.69, 9.17) is 4.42 Å². The van der Waals surface area contributed by atoms with Crippen LogP contribution in [0.3, 0.4) is 0 Å². The van der Waals surface area contributed by atoms with E-state index in [-0.39, 0.29) is 48.5 Å². The van der Waals surface area contributed by atoms with Crippen molar-refractivity contribution in [3.63, 3.8) is 0 Å². The van der Waals surface area contributed by atoms with Crippen LogP contribution in [0.4, 0.5) is 0 Å². The molecule has 0 radical (unpaired) electrons. The number of amides is 1. The third-order valence-corrected chi connectivity index (χ3v) is 8.26. The topological polar surface area (TPSA) is 109 Å². The SMILES string of the molecule is Cc1ccc(O)c(S(=O)(=O)N2CCN(C(=O)c3ccc(CSc4nccn4C)o3)CC2)c1. The molecule has 1 amide bonds. The molecule has 32 heavy (non-hydrogen) atoms. The Balaban J connectivity index is 1.37. The molecule has 1 fully saturated rings. The zero-order valence-electron chi connectivity index (χ0n) is 17.8. The van der Waals surface area contributed by atoms with Crippen molar-refractivity contribution >= 4 is 27.7 Å². The Labute approximate surface area is 190 Å². The van der Waals surface area contributed by atoms with Crippen molar-refractivity contribution in [2.24, 2.45) is 7.05 Å². The van der Waals surface area contributed by atoms with Crippen molar-refractivity contribution in [3.8, 4) is 5.75 Å². The smallest absolute Gasteiger partial charge is 0.289 e. The van der Waals surface area contributed by atoms with Crippen molar-refractivity contribution < 1.29 is 22.7 Å². The Morgan fingerprint density at radius 1 is 1.19 bits per heavy atom. The number of aromatic nitrogens is 2. The van der Waals surface area contributed by atoms with Crippen LogP contribution in [0.2, 0.25) is 0 Å². The number of aromatic hydroxyl groups is 1. The van der Waals surface area contributed by atoms with Gasteiger partial charge >= 0.3 is 0 Å². The first-order valence-corrected chi connectivity index (χ1v) is 12.5. The minimum Gasteiger partial charge on any atom is -0.507 e. The highest BCUT2D eigenvalue weighted by Gasteiger charge is 2.32. The van der Waals surface area contributed by atoms with Crippen LogP contribution < -0.4 is 0 Å². The predicted octanol–water partition coefficient (Wildman–Crippen LogP) is 2.47. The van der Waals surface area contributed by atoms with Crippen LogP contribution in [0.5, 0.6) is 5.75 Å². The second-order valence-electron chi connectivity index (χ2n) is 7.54. The third-order valence-electron chi connectivity index (χ3n) is 5.25. The summed E-state index contributed by atoms with van der Waals surface area (Å²) >= 11 is 1.51. The lowest BCUT2D eigenvalue weighted by atomic mass is 10.2. The number of imidazole rings is 1. The van der Waals surface area contributed by atoms with E-state index in [2.05, 4.69) is 4.98 Å². The molecular weight excluding hydrogens is 452 g/mol. The number of benzene rings is 1. The van der Waals surface area contributed by atoms with Crippen LogP contribution in [0.15, 0.2) is 57.2 Å². The molecule has 0 saturated carbocycles. The molecule has 1 aliphatic heterocycles. The summed E-state index contributed by atoms with van der Waals surface area (Å²) in [6.07, 6.45) is 3.58. The minimum absolute atomic E-state index is 0.113. The van der Waals surface area contributed by atoms with Gasteiger partial charge in [0.15, 0.2) is 10.9 Å². The van der Waals surface area contributed by atoms with Crippen molar-refractivity contribution in [2.45, 2.75) is 22.7 Å². The Hall–Kier alpha value is -2.76. The molecule has 4 rings (SSSR count). The average Bonchev–Trinajstić information content (AvgIpc) is 3.42. The summed E-state index contributed by atoms with van der Waals surface area (Å²) in [6, 6.07) is 7.89. The van der Waals surface area contributed by atoms with Gasteiger partial charge in [0.05, 0.1) is 5.75 Å². The number of phenols is 1. The predicted molar refractivity (Wildman–Crippen MR) is 119 cm³/mol. The summed E-state index contributed by atoms with van der Waals surface area (Å²) in [5.41, 5.74) is 0.741. The third kappa shape index (κ3) is 4.54. The molecular formula is C21H24N4O5S2. The van der Waals surface area contributed by atoms with Gasteiger partial charge in [-0.2, -0.15) is 4.31 Å². The molecule has 9 nitrogen and oxygen atoms in total. The van der Waals surface area contributed by atoms with Gasteiger partial charge in [-0.1, -0.05) is 17.8 Å². The van der Waals surface area contributed by atoms with Gasteiger partial charge in [0, 0.05) is 45.6 Å². The maximum absolute atomic E-state index is 12.9. The molecule has 1 aliphatic rings. The maximum Gasteiger partial charge on any atom is 0.289 e. The van der Waals surface area contributed by atoms with E-state index in [0.29, 0.717) is 11.5 Å². The van der Waals surface area contributed by atoms with E-state index in [9.17, 15) is 18.3 Å². The molecule has 2 aromatic heterocycles. The zero-order valence-corrected chi connectivity index (χ0v) is 19.4. The number of rotatable bonds is 6. The Bertz CT molecular complexity index is 1230. The number of thioether (sulfide) groups is 1. The minimum atomic E-state index is -3.85. The second kappa shape index (κ2) is 9.00. The highest BCUT2D eigenvalue weighted by Crippen LogP contribution is 2.28. The van der Waals surface area contributed by atoms with Gasteiger partial charge in [0.1, 0.15) is 16.4 Å². The summed E-state index contributed by atoms with van der Waals surface area (Å²) in [5, 5.41) is 10.9. The van der Waals surface area contributed by atoms with Gasteiger partial charge < -0.3 is 19.0 Å². The molecule has 0 spiro atoms. The molecule has 1 N–H and O–H groups in total. The molecule has 3 heterocycles. The lowest BCUT2D eigenvalue weighted by Crippen LogP contribution is -2.50. The van der Waals surface area contributed by atoms with Gasteiger partial charge in [-0.15, -0.1) is 0 Å². The van der Waals surface area contributed by atoms with Crippen molar-refractivity contribution in [3.05, 3.63) is 59.8 Å². The summed E-state index contributed by atoms with van der Waals surface area (Å²) in [7, 11) is -1.94. The van der Waals surface area contributed by atoms with Crippen molar-refractivity contribution in [1.29, 1.82) is 0 Å². The number of carbonyl (C=O) groups is 1. The van der Waals surface area contributed by atoms with Gasteiger partial charge in [-0.05, 0) is 36.8 Å². The van der Waals surface area contributed by atoms with E-state index in [1.54, 1.807) is 36.2 Å². The number of piperazine rings is 1. The van der Waals surface area contributed by atoms with E-state index < -0.39 is 10.0 Å². The fourth-order valence-electron chi connectivity index (χ4n) is 3.45. The van der Waals surface area contributed by atoms with Gasteiger partial charge in [0.2, 0.25) is 10.0 Å². The standard InChI is InChI=1S/C21H24N4O5S2/c1-15-3-5-17(26)19(13-15)32(28,29)25-11-9-24(10-12-25)20(27)18-6-4-16(30-18)14-31-21-22-7-8-23(21)2/h3-8,13,26H,9-12,14H2,1-2H3. The first-order chi connectivity index (χ1) is 15.3. The lowest BCUT2D eigenvalue weighted by Gasteiger charge is -2.33. The molecule has 11 heteroatoms. The number of hydrogen-bond donors (Lipinski definition) is 1. The number of nitrogens with zero attached hydrogens (tertiary/aromatic N) is 4. The van der Waals surface area contributed by atoms with Crippen LogP contribution in [0, 0.1) is 6.92 Å². The number of carbonyl (C=O) groups excluding carboxylic acids is 1. The summed E-state index contributed by atoms with van der Waals surface area (Å²) in [6.45, 7) is 2.53. The van der Waals surface area contributed by atoms with E-state index in [1.165, 1.54) is 28.2 Å². The van der Waals surface area contributed by atoms with Gasteiger partial charge in [0.25, 0.3) is 5.91 Å². The Morgan fingerprint density at radius 2 is 1.94 bits per heavy atom. The van der Waals surface area contributed by atoms with E-state index in [0.717, 1.165) is 10.7 Å². The molecule has 1 saturated heterocycles. The first-order valence-electron chi connectivity index (χ1n) is 10.0. The number of phenolic OH excluding ortho intramolecular Hbond substituents is 1. The largest absolute Gasteiger partial charge is 0.507 e. The monoisotopic (exact) mass is 476 g/mol. The fourth-order valence-corrected chi connectivity index (χ4v) is 5.87. The van der Waals surface area contributed by atoms with Gasteiger partial charge in [-0.3, -0.25) is 4.79 Å². The van der Waals surface area contributed by atoms with Crippen LogP contribution >= 0.6 is 11.8 Å². The zero-order chi connectivity index (χ0) is 22.9. The normalized spacial score (nSPS) is 15.2. The first kappa shape index (κ1) is 22.4. The molecule has 0 unspecified atom stereocenters. The van der Waals surface area contributed by atoms with E-state index >= 15 is 0 Å². The summed E-state index contributed by atoms with van der Waals surface area (Å²) in [5.74, 6) is 0.893. The molecule has 170 valence electrons. The van der Waals surface area contributed by atoms with Crippen molar-refractivity contribution in [1.82, 2.24) is 18.8 Å². The van der Waals surface area contributed by atoms with Crippen LogP contribution in [0.25, 0.3) is 0 Å². The number of furan rings is 1. The van der Waals surface area contributed by atoms with Crippen LogP contribution in [-0.2, 0) is 22.8 Å². The van der Waals surface area contributed by atoms with Crippen LogP contribution in [-0.4, -0.2) is 64.4 Å². The summed E-state index contributed by atoms with van der Waals surface area (Å²) < 4.78 is 34.8. The molecule has 1 aromatic carbocycles. The number of aryl methyl sites for hydroxylation is 2. The van der Waals surface area contributed by atoms with Crippen molar-refractivity contribution in [2.75, 3.05) is 26.2 Å². The van der Waals surface area contributed by atoms with Gasteiger partial charge in [-0.25, -0.2) is 13.4 Å².